The molecule has 5 aromatic carbocycles. The Hall–Kier alpha value is -5.04. The predicted octanol–water partition coefficient (Wildman–Crippen LogP) is 8.22. The molecular formula is C43H43BN2O4. The van der Waals surface area contributed by atoms with E-state index in [2.05, 4.69) is 137 Å². The lowest BCUT2D eigenvalue weighted by atomic mass is 9.33. The average molecular weight is 663 g/mol. The summed E-state index contributed by atoms with van der Waals surface area (Å²) >= 11 is 0. The number of aryl methyl sites for hydroxylation is 1. The first-order valence-corrected chi connectivity index (χ1v) is 17.8. The Labute approximate surface area is 295 Å². The smallest absolute Gasteiger partial charge is 0.252 e. The lowest BCUT2D eigenvalue weighted by Gasteiger charge is -2.45. The summed E-state index contributed by atoms with van der Waals surface area (Å²) in [5.41, 5.74) is 14.1. The summed E-state index contributed by atoms with van der Waals surface area (Å²) in [6.45, 7) is 17.9. The topological polar surface area (TPSA) is 43.4 Å². The zero-order chi connectivity index (χ0) is 34.5. The number of hydrogen-bond donors (Lipinski definition) is 0. The number of ether oxygens (including phenoxy) is 4. The van der Waals surface area contributed by atoms with Crippen LogP contribution in [0.1, 0.15) is 58.2 Å². The number of para-hydroxylation sites is 1. The van der Waals surface area contributed by atoms with Crippen LogP contribution in [0.25, 0.3) is 0 Å². The number of hydrogen-bond acceptors (Lipinski definition) is 6. The molecular weight excluding hydrogens is 619 g/mol. The van der Waals surface area contributed by atoms with Crippen LogP contribution in [0.3, 0.4) is 0 Å². The molecule has 7 heteroatoms. The number of fused-ring (bicyclic) bond motifs is 7. The van der Waals surface area contributed by atoms with Crippen molar-refractivity contribution >= 4 is 57.2 Å². The molecule has 0 fully saturated rings. The minimum atomic E-state index is -0.0400. The van der Waals surface area contributed by atoms with Crippen LogP contribution in [-0.4, -0.2) is 33.1 Å². The van der Waals surface area contributed by atoms with E-state index in [-0.39, 0.29) is 17.5 Å². The van der Waals surface area contributed by atoms with Gasteiger partial charge in [0.15, 0.2) is 23.0 Å². The van der Waals surface area contributed by atoms with Gasteiger partial charge in [-0.2, -0.15) is 0 Å². The maximum Gasteiger partial charge on any atom is 0.252 e. The van der Waals surface area contributed by atoms with E-state index in [1.165, 1.54) is 44.5 Å². The van der Waals surface area contributed by atoms with Crippen LogP contribution >= 0.6 is 0 Å². The van der Waals surface area contributed by atoms with Crippen LogP contribution < -0.4 is 45.1 Å². The van der Waals surface area contributed by atoms with Gasteiger partial charge in [-0.1, -0.05) is 77.9 Å². The molecule has 4 heterocycles. The Morgan fingerprint density at radius 1 is 0.540 bits per heavy atom. The summed E-state index contributed by atoms with van der Waals surface area (Å²) in [4.78, 5) is 4.82. The highest BCUT2D eigenvalue weighted by atomic mass is 16.6. The van der Waals surface area contributed by atoms with Crippen molar-refractivity contribution in [1.82, 2.24) is 0 Å². The fraction of sp³-hybridized carbons (Fsp3) is 0.302. The van der Waals surface area contributed by atoms with Crippen molar-refractivity contribution < 1.29 is 18.9 Å². The van der Waals surface area contributed by atoms with Gasteiger partial charge in [-0.3, -0.25) is 0 Å². The molecule has 50 heavy (non-hydrogen) atoms. The molecule has 5 aromatic rings. The molecule has 0 atom stereocenters. The summed E-state index contributed by atoms with van der Waals surface area (Å²) in [6.07, 6.45) is 0. The minimum absolute atomic E-state index is 0.0264. The molecule has 0 radical (unpaired) electrons. The van der Waals surface area contributed by atoms with E-state index in [4.69, 9.17) is 18.9 Å². The van der Waals surface area contributed by atoms with E-state index in [0.717, 1.165) is 45.7 Å². The van der Waals surface area contributed by atoms with Crippen molar-refractivity contribution in [1.29, 1.82) is 0 Å². The van der Waals surface area contributed by atoms with Crippen molar-refractivity contribution in [2.24, 2.45) is 0 Å². The molecule has 4 aliphatic heterocycles. The van der Waals surface area contributed by atoms with Gasteiger partial charge in [0.05, 0.1) is 11.4 Å². The molecule has 0 unspecified atom stereocenters. The highest BCUT2D eigenvalue weighted by Crippen LogP contribution is 2.53. The quantitative estimate of drug-likeness (QED) is 0.174. The highest BCUT2D eigenvalue weighted by Gasteiger charge is 2.46. The van der Waals surface area contributed by atoms with Gasteiger partial charge < -0.3 is 28.7 Å². The lowest BCUT2D eigenvalue weighted by molar-refractivity contribution is 0.171. The second-order valence-electron chi connectivity index (χ2n) is 16.0. The lowest BCUT2D eigenvalue weighted by Crippen LogP contribution is -2.61. The Bertz CT molecular complexity index is 2180. The molecule has 252 valence electrons. The fourth-order valence-electron chi connectivity index (χ4n) is 8.06. The van der Waals surface area contributed by atoms with Crippen LogP contribution in [0.4, 0.5) is 34.1 Å². The normalized spacial score (nSPS) is 15.7. The summed E-state index contributed by atoms with van der Waals surface area (Å²) in [6, 6.07) is 31.4. The van der Waals surface area contributed by atoms with Gasteiger partial charge in [0, 0.05) is 22.7 Å². The third-order valence-corrected chi connectivity index (χ3v) is 10.5. The van der Waals surface area contributed by atoms with E-state index in [1.807, 2.05) is 6.07 Å². The first-order chi connectivity index (χ1) is 24.0. The van der Waals surface area contributed by atoms with Crippen LogP contribution in [0.15, 0.2) is 84.9 Å². The standard InChI is InChI=1S/C43H43BN2O4/c1-26-23-34-38-35(24-26)46(33-9-8-10-36-40(33)49-21-19-47-36)39-30(16-18-37-41(39)50-22-20-48-37)44(38)31-25-28(43(5,6)7)13-17-32(31)45(34)29-14-11-27(12-15-29)42(2,3)4/h8-18,23-25H,19-22H2,1-7H3. The molecule has 9 rings (SSSR count). The van der Waals surface area contributed by atoms with Crippen LogP contribution in [-0.2, 0) is 10.8 Å². The predicted molar refractivity (Wildman–Crippen MR) is 205 cm³/mol. The molecule has 6 nitrogen and oxygen atoms in total. The minimum Gasteiger partial charge on any atom is -0.486 e. The fourth-order valence-corrected chi connectivity index (χ4v) is 8.06. The molecule has 0 bridgehead atoms. The molecule has 0 aromatic heterocycles. The average Bonchev–Trinajstić information content (AvgIpc) is 3.10. The van der Waals surface area contributed by atoms with Gasteiger partial charge in [-0.05, 0) is 99.4 Å². The number of nitrogens with zero attached hydrogens (tertiary/aromatic N) is 2. The third-order valence-electron chi connectivity index (χ3n) is 10.5. The van der Waals surface area contributed by atoms with Crippen molar-refractivity contribution in [3.63, 3.8) is 0 Å². The van der Waals surface area contributed by atoms with E-state index < -0.39 is 0 Å². The Morgan fingerprint density at radius 2 is 1.16 bits per heavy atom. The van der Waals surface area contributed by atoms with Crippen molar-refractivity contribution in [3.8, 4) is 23.0 Å². The third kappa shape index (κ3) is 4.69. The van der Waals surface area contributed by atoms with Crippen molar-refractivity contribution in [2.75, 3.05) is 36.2 Å². The van der Waals surface area contributed by atoms with E-state index in [0.29, 0.717) is 26.4 Å². The van der Waals surface area contributed by atoms with E-state index >= 15 is 0 Å². The van der Waals surface area contributed by atoms with Crippen LogP contribution in [0.2, 0.25) is 0 Å². The Balaban J connectivity index is 1.38. The first kappa shape index (κ1) is 31.0. The first-order valence-electron chi connectivity index (χ1n) is 17.8. The van der Waals surface area contributed by atoms with Crippen LogP contribution in [0.5, 0.6) is 23.0 Å². The zero-order valence-electron chi connectivity index (χ0n) is 30.0. The Kier molecular flexibility index (Phi) is 6.81. The molecule has 0 saturated heterocycles. The molecule has 0 spiro atoms. The van der Waals surface area contributed by atoms with E-state index in [9.17, 15) is 0 Å². The van der Waals surface area contributed by atoms with Gasteiger partial charge in [0.2, 0.25) is 0 Å². The Morgan fingerprint density at radius 3 is 1.86 bits per heavy atom. The summed E-state index contributed by atoms with van der Waals surface area (Å²) in [7, 11) is 0. The summed E-state index contributed by atoms with van der Waals surface area (Å²) in [5, 5.41) is 0. The van der Waals surface area contributed by atoms with Crippen molar-refractivity contribution in [3.05, 3.63) is 102 Å². The zero-order valence-corrected chi connectivity index (χ0v) is 30.0. The van der Waals surface area contributed by atoms with Crippen molar-refractivity contribution in [2.45, 2.75) is 59.3 Å². The van der Waals surface area contributed by atoms with E-state index in [1.54, 1.807) is 0 Å². The molecule has 0 amide bonds. The van der Waals surface area contributed by atoms with Gasteiger partial charge in [-0.25, -0.2) is 0 Å². The monoisotopic (exact) mass is 662 g/mol. The summed E-state index contributed by atoms with van der Waals surface area (Å²) in [5.74, 6) is 3.03. The van der Waals surface area contributed by atoms with Gasteiger partial charge >= 0.3 is 0 Å². The highest BCUT2D eigenvalue weighted by molar-refractivity contribution is 7.00. The van der Waals surface area contributed by atoms with Gasteiger partial charge in [0.1, 0.15) is 26.4 Å². The molecule has 0 saturated carbocycles. The molecule has 4 aliphatic rings. The van der Waals surface area contributed by atoms with Gasteiger partial charge in [0.25, 0.3) is 6.71 Å². The maximum atomic E-state index is 6.55. The number of benzene rings is 5. The second-order valence-corrected chi connectivity index (χ2v) is 16.0. The number of anilines is 6. The maximum absolute atomic E-state index is 6.55. The van der Waals surface area contributed by atoms with Gasteiger partial charge in [-0.15, -0.1) is 0 Å². The molecule has 0 aliphatic carbocycles. The largest absolute Gasteiger partial charge is 0.486 e. The van der Waals surface area contributed by atoms with Crippen LogP contribution in [0, 0.1) is 6.92 Å². The number of rotatable bonds is 2. The molecule has 0 N–H and O–H groups in total. The SMILES string of the molecule is Cc1cc2c3c(c1)N(c1cccc4c1OCCO4)c1c(ccc4c1OCCO4)B3c1cc(C(C)(C)C)ccc1N2c1ccc(C(C)(C)C)cc1. The summed E-state index contributed by atoms with van der Waals surface area (Å²) < 4.78 is 25.3. The second kappa shape index (κ2) is 11.0.